The van der Waals surface area contributed by atoms with Gasteiger partial charge in [0.15, 0.2) is 0 Å². The van der Waals surface area contributed by atoms with E-state index in [0.29, 0.717) is 29.2 Å². The van der Waals surface area contributed by atoms with Gasteiger partial charge in [0.2, 0.25) is 0 Å². The van der Waals surface area contributed by atoms with Crippen LogP contribution in [-0.4, -0.2) is 31.2 Å². The number of halogens is 1. The van der Waals surface area contributed by atoms with E-state index >= 15 is 0 Å². The standard InChI is InChI=1S/C11H15BrN2O2/c1-8(7-16-2)6-14-11(15)9-4-3-5-13-10(9)12/h3-5,8H,6-7H2,1-2H3,(H,14,15). The van der Waals surface area contributed by atoms with E-state index in [4.69, 9.17) is 4.74 Å². The monoisotopic (exact) mass is 286 g/mol. The number of carbonyl (C=O) groups excluding carboxylic acids is 1. The molecule has 0 radical (unpaired) electrons. The molecule has 1 amide bonds. The van der Waals surface area contributed by atoms with Crippen molar-refractivity contribution in [1.29, 1.82) is 0 Å². The molecule has 0 aromatic carbocycles. The number of nitrogens with one attached hydrogen (secondary N) is 1. The SMILES string of the molecule is COCC(C)CNC(=O)c1cccnc1Br. The fourth-order valence-corrected chi connectivity index (χ4v) is 1.69. The van der Waals surface area contributed by atoms with Crippen LogP contribution >= 0.6 is 15.9 Å². The number of hydrogen-bond donors (Lipinski definition) is 1. The zero-order valence-corrected chi connectivity index (χ0v) is 11.0. The molecule has 1 unspecified atom stereocenters. The molecule has 88 valence electrons. The van der Waals surface area contributed by atoms with Crippen LogP contribution in [0.1, 0.15) is 17.3 Å². The maximum atomic E-state index is 11.8. The van der Waals surface area contributed by atoms with E-state index in [-0.39, 0.29) is 5.91 Å². The lowest BCUT2D eigenvalue weighted by atomic mass is 10.2. The number of ether oxygens (including phenoxy) is 1. The summed E-state index contributed by atoms with van der Waals surface area (Å²) in [4.78, 5) is 15.7. The number of hydrogen-bond acceptors (Lipinski definition) is 3. The number of aromatic nitrogens is 1. The Morgan fingerprint density at radius 2 is 2.44 bits per heavy atom. The molecule has 0 fully saturated rings. The Morgan fingerprint density at radius 3 is 3.06 bits per heavy atom. The van der Waals surface area contributed by atoms with Gasteiger partial charge in [0.1, 0.15) is 4.60 Å². The third-order valence-corrected chi connectivity index (χ3v) is 2.70. The Hall–Kier alpha value is -0.940. The summed E-state index contributed by atoms with van der Waals surface area (Å²) in [6.07, 6.45) is 1.63. The van der Waals surface area contributed by atoms with E-state index in [0.717, 1.165) is 0 Å². The van der Waals surface area contributed by atoms with E-state index in [1.54, 1.807) is 25.4 Å². The third-order valence-electron chi connectivity index (χ3n) is 2.07. The van der Waals surface area contributed by atoms with Gasteiger partial charge in [-0.25, -0.2) is 4.98 Å². The predicted octanol–water partition coefficient (Wildman–Crippen LogP) is 1.86. The van der Waals surface area contributed by atoms with Crippen molar-refractivity contribution in [3.63, 3.8) is 0 Å². The highest BCUT2D eigenvalue weighted by Gasteiger charge is 2.11. The normalized spacial score (nSPS) is 12.2. The van der Waals surface area contributed by atoms with Crippen LogP contribution in [0.3, 0.4) is 0 Å². The Kier molecular flexibility index (Phi) is 5.42. The minimum Gasteiger partial charge on any atom is -0.384 e. The molecule has 16 heavy (non-hydrogen) atoms. The number of methoxy groups -OCH3 is 1. The molecule has 1 rings (SSSR count). The molecule has 0 aliphatic carbocycles. The van der Waals surface area contributed by atoms with Gasteiger partial charge in [0, 0.05) is 19.9 Å². The van der Waals surface area contributed by atoms with Crippen molar-refractivity contribution in [1.82, 2.24) is 10.3 Å². The molecule has 5 heteroatoms. The summed E-state index contributed by atoms with van der Waals surface area (Å²) >= 11 is 3.24. The van der Waals surface area contributed by atoms with Crippen LogP contribution in [-0.2, 0) is 4.74 Å². The number of pyridine rings is 1. The van der Waals surface area contributed by atoms with Gasteiger partial charge in [-0.2, -0.15) is 0 Å². The molecule has 4 nitrogen and oxygen atoms in total. The number of rotatable bonds is 5. The first-order valence-corrected chi connectivity index (χ1v) is 5.82. The minimum absolute atomic E-state index is 0.122. The molecule has 0 saturated carbocycles. The van der Waals surface area contributed by atoms with Gasteiger partial charge in [-0.15, -0.1) is 0 Å². The molecular weight excluding hydrogens is 272 g/mol. The fraction of sp³-hybridized carbons (Fsp3) is 0.455. The van der Waals surface area contributed by atoms with Crippen LogP contribution in [0, 0.1) is 5.92 Å². The Morgan fingerprint density at radius 1 is 1.69 bits per heavy atom. The van der Waals surface area contributed by atoms with Crippen molar-refractivity contribution in [2.45, 2.75) is 6.92 Å². The highest BCUT2D eigenvalue weighted by atomic mass is 79.9. The molecule has 0 bridgehead atoms. The number of carbonyl (C=O) groups is 1. The maximum absolute atomic E-state index is 11.8. The first kappa shape index (κ1) is 13.1. The summed E-state index contributed by atoms with van der Waals surface area (Å²) in [7, 11) is 1.65. The minimum atomic E-state index is -0.122. The van der Waals surface area contributed by atoms with Gasteiger partial charge in [-0.05, 0) is 34.0 Å². The van der Waals surface area contributed by atoms with Crippen molar-refractivity contribution in [3.05, 3.63) is 28.5 Å². The number of nitrogens with zero attached hydrogens (tertiary/aromatic N) is 1. The van der Waals surface area contributed by atoms with Crippen molar-refractivity contribution in [2.75, 3.05) is 20.3 Å². The summed E-state index contributed by atoms with van der Waals surface area (Å²) in [5, 5.41) is 2.84. The molecule has 1 heterocycles. The Labute approximate surface area is 104 Å². The van der Waals surface area contributed by atoms with Crippen LogP contribution < -0.4 is 5.32 Å². The Balaban J connectivity index is 2.50. The molecule has 1 aromatic rings. The van der Waals surface area contributed by atoms with Crippen LogP contribution in [0.25, 0.3) is 0 Å². The zero-order chi connectivity index (χ0) is 12.0. The summed E-state index contributed by atoms with van der Waals surface area (Å²) in [5.74, 6) is 0.173. The maximum Gasteiger partial charge on any atom is 0.254 e. The van der Waals surface area contributed by atoms with Gasteiger partial charge >= 0.3 is 0 Å². The summed E-state index contributed by atoms with van der Waals surface area (Å²) < 4.78 is 5.55. The second-order valence-electron chi connectivity index (χ2n) is 3.61. The van der Waals surface area contributed by atoms with E-state index < -0.39 is 0 Å². The van der Waals surface area contributed by atoms with Gasteiger partial charge in [0.05, 0.1) is 12.2 Å². The average molecular weight is 287 g/mol. The fourth-order valence-electron chi connectivity index (χ4n) is 1.26. The summed E-state index contributed by atoms with van der Waals surface area (Å²) in [6, 6.07) is 3.46. The molecule has 0 saturated heterocycles. The van der Waals surface area contributed by atoms with Crippen LogP contribution in [0.15, 0.2) is 22.9 Å². The number of amides is 1. The highest BCUT2D eigenvalue weighted by molar-refractivity contribution is 9.10. The lowest BCUT2D eigenvalue weighted by Crippen LogP contribution is -2.30. The van der Waals surface area contributed by atoms with E-state index in [2.05, 4.69) is 26.2 Å². The van der Waals surface area contributed by atoms with Gasteiger partial charge in [-0.3, -0.25) is 4.79 Å². The smallest absolute Gasteiger partial charge is 0.254 e. The quantitative estimate of drug-likeness (QED) is 0.841. The van der Waals surface area contributed by atoms with E-state index in [1.165, 1.54) is 0 Å². The molecule has 0 aliphatic heterocycles. The zero-order valence-electron chi connectivity index (χ0n) is 9.37. The topological polar surface area (TPSA) is 51.2 Å². The van der Waals surface area contributed by atoms with Gasteiger partial charge in [0.25, 0.3) is 5.91 Å². The molecule has 1 aromatic heterocycles. The van der Waals surface area contributed by atoms with Crippen LogP contribution in [0.5, 0.6) is 0 Å². The predicted molar refractivity (Wildman–Crippen MR) is 65.3 cm³/mol. The highest BCUT2D eigenvalue weighted by Crippen LogP contribution is 2.12. The summed E-state index contributed by atoms with van der Waals surface area (Å²) in [6.45, 7) is 3.24. The molecule has 0 spiro atoms. The largest absolute Gasteiger partial charge is 0.384 e. The van der Waals surface area contributed by atoms with E-state index in [9.17, 15) is 4.79 Å². The second-order valence-corrected chi connectivity index (χ2v) is 4.36. The second kappa shape index (κ2) is 6.60. The van der Waals surface area contributed by atoms with Gasteiger partial charge < -0.3 is 10.1 Å². The van der Waals surface area contributed by atoms with Crippen LogP contribution in [0.4, 0.5) is 0 Å². The average Bonchev–Trinajstić information content (AvgIpc) is 2.27. The Bertz CT molecular complexity index is 358. The lowest BCUT2D eigenvalue weighted by Gasteiger charge is -2.11. The van der Waals surface area contributed by atoms with Crippen molar-refractivity contribution < 1.29 is 9.53 Å². The van der Waals surface area contributed by atoms with E-state index in [1.807, 2.05) is 6.92 Å². The first-order chi connectivity index (χ1) is 7.65. The molecule has 1 atom stereocenters. The van der Waals surface area contributed by atoms with Gasteiger partial charge in [-0.1, -0.05) is 6.92 Å². The van der Waals surface area contributed by atoms with Crippen molar-refractivity contribution in [3.8, 4) is 0 Å². The lowest BCUT2D eigenvalue weighted by molar-refractivity contribution is 0.0933. The third kappa shape index (κ3) is 3.90. The molecular formula is C11H15BrN2O2. The summed E-state index contributed by atoms with van der Waals surface area (Å²) in [5.41, 5.74) is 0.548. The van der Waals surface area contributed by atoms with Crippen LogP contribution in [0.2, 0.25) is 0 Å². The molecule has 0 aliphatic rings. The van der Waals surface area contributed by atoms with Crippen molar-refractivity contribution in [2.24, 2.45) is 5.92 Å². The first-order valence-electron chi connectivity index (χ1n) is 5.02. The molecule has 1 N–H and O–H groups in total. The van der Waals surface area contributed by atoms with Crippen molar-refractivity contribution >= 4 is 21.8 Å².